The number of hydrogen-bond donors (Lipinski definition) is 1. The van der Waals surface area contributed by atoms with Crippen molar-refractivity contribution in [3.05, 3.63) is 76.3 Å². The van der Waals surface area contributed by atoms with E-state index in [0.717, 1.165) is 10.8 Å². The standard InChI is InChI=1S/C17H14N2O4S/c1-12-9-10-17(16(11-12)19(20)21)24(22,23)18-15-8-4-6-13-5-2-3-7-14(13)15/h2-11,18H,1H3. The Balaban J connectivity index is 2.11. The average molecular weight is 342 g/mol. The van der Waals surface area contributed by atoms with Gasteiger partial charge in [0.15, 0.2) is 4.90 Å². The monoisotopic (exact) mass is 342 g/mol. The zero-order valence-electron chi connectivity index (χ0n) is 12.8. The van der Waals surface area contributed by atoms with Crippen molar-refractivity contribution >= 4 is 32.2 Å². The Bertz CT molecular complexity index is 1040. The summed E-state index contributed by atoms with van der Waals surface area (Å²) < 4.78 is 27.8. The molecule has 0 radical (unpaired) electrons. The minimum Gasteiger partial charge on any atom is -0.279 e. The highest BCUT2D eigenvalue weighted by Gasteiger charge is 2.26. The highest BCUT2D eigenvalue weighted by Crippen LogP contribution is 2.29. The molecule has 3 aromatic carbocycles. The zero-order valence-corrected chi connectivity index (χ0v) is 13.6. The Morgan fingerprint density at radius 3 is 2.46 bits per heavy atom. The van der Waals surface area contributed by atoms with Crippen LogP contribution in [0.3, 0.4) is 0 Å². The lowest BCUT2D eigenvalue weighted by molar-refractivity contribution is -0.387. The van der Waals surface area contributed by atoms with Crippen molar-refractivity contribution in [1.29, 1.82) is 0 Å². The highest BCUT2D eigenvalue weighted by molar-refractivity contribution is 7.92. The van der Waals surface area contributed by atoms with Crippen molar-refractivity contribution in [2.75, 3.05) is 4.72 Å². The molecule has 24 heavy (non-hydrogen) atoms. The van der Waals surface area contributed by atoms with Crippen LogP contribution in [0.5, 0.6) is 0 Å². The van der Waals surface area contributed by atoms with Crippen molar-refractivity contribution in [2.45, 2.75) is 11.8 Å². The average Bonchev–Trinajstić information content (AvgIpc) is 2.54. The third-order valence-corrected chi connectivity index (χ3v) is 5.05. The number of nitro benzene ring substituents is 1. The topological polar surface area (TPSA) is 89.3 Å². The largest absolute Gasteiger partial charge is 0.290 e. The number of anilines is 1. The molecule has 0 amide bonds. The third kappa shape index (κ3) is 2.93. The number of nitro groups is 1. The van der Waals surface area contributed by atoms with Crippen molar-refractivity contribution in [3.63, 3.8) is 0 Å². The Morgan fingerprint density at radius 1 is 1.00 bits per heavy atom. The molecule has 3 aromatic rings. The Labute approximate surface area is 138 Å². The van der Waals surface area contributed by atoms with E-state index in [1.54, 1.807) is 31.2 Å². The molecular weight excluding hydrogens is 328 g/mol. The number of fused-ring (bicyclic) bond motifs is 1. The lowest BCUT2D eigenvalue weighted by Gasteiger charge is -2.11. The van der Waals surface area contributed by atoms with Gasteiger partial charge in [-0.3, -0.25) is 14.8 Å². The molecule has 7 heteroatoms. The van der Waals surface area contributed by atoms with Crippen LogP contribution in [0.2, 0.25) is 0 Å². The van der Waals surface area contributed by atoms with E-state index in [9.17, 15) is 18.5 Å². The smallest absolute Gasteiger partial charge is 0.279 e. The summed E-state index contributed by atoms with van der Waals surface area (Å²) in [6.07, 6.45) is 0. The molecular formula is C17H14N2O4S. The summed E-state index contributed by atoms with van der Waals surface area (Å²) >= 11 is 0. The van der Waals surface area contributed by atoms with Crippen LogP contribution in [0.25, 0.3) is 10.8 Å². The van der Waals surface area contributed by atoms with E-state index in [4.69, 9.17) is 0 Å². The van der Waals surface area contributed by atoms with Crippen molar-refractivity contribution < 1.29 is 13.3 Å². The van der Waals surface area contributed by atoms with Gasteiger partial charge in [-0.2, -0.15) is 0 Å². The van der Waals surface area contributed by atoms with Crippen molar-refractivity contribution in [2.24, 2.45) is 0 Å². The summed E-state index contributed by atoms with van der Waals surface area (Å²) in [6.45, 7) is 1.67. The minimum absolute atomic E-state index is 0.356. The molecule has 0 bridgehead atoms. The lowest BCUT2D eigenvalue weighted by Crippen LogP contribution is -2.15. The molecule has 0 fully saturated rings. The molecule has 0 aliphatic heterocycles. The van der Waals surface area contributed by atoms with E-state index in [1.807, 2.05) is 18.2 Å². The maximum atomic E-state index is 12.7. The quantitative estimate of drug-likeness (QED) is 0.576. The second-order valence-corrected chi connectivity index (χ2v) is 7.01. The van der Waals surface area contributed by atoms with Crippen LogP contribution in [-0.4, -0.2) is 13.3 Å². The molecule has 0 aliphatic carbocycles. The number of nitrogens with one attached hydrogen (secondary N) is 1. The number of rotatable bonds is 4. The molecule has 0 aliphatic rings. The maximum absolute atomic E-state index is 12.7. The number of hydrogen-bond acceptors (Lipinski definition) is 4. The van der Waals surface area contributed by atoms with Gasteiger partial charge < -0.3 is 0 Å². The molecule has 3 rings (SSSR count). The van der Waals surface area contributed by atoms with E-state index in [-0.39, 0.29) is 4.90 Å². The van der Waals surface area contributed by atoms with Crippen LogP contribution < -0.4 is 4.72 Å². The van der Waals surface area contributed by atoms with Gasteiger partial charge in [0.2, 0.25) is 0 Å². The molecule has 122 valence electrons. The summed E-state index contributed by atoms with van der Waals surface area (Å²) in [5.74, 6) is 0. The van der Waals surface area contributed by atoms with Crippen LogP contribution in [0.1, 0.15) is 5.56 Å². The van der Waals surface area contributed by atoms with Crippen LogP contribution in [0, 0.1) is 17.0 Å². The number of benzene rings is 3. The minimum atomic E-state index is -4.09. The molecule has 1 N–H and O–H groups in total. The van der Waals surface area contributed by atoms with Gasteiger partial charge in [-0.15, -0.1) is 0 Å². The van der Waals surface area contributed by atoms with E-state index in [2.05, 4.69) is 4.72 Å². The highest BCUT2D eigenvalue weighted by atomic mass is 32.2. The van der Waals surface area contributed by atoms with Gasteiger partial charge in [0.05, 0.1) is 10.6 Å². The first-order valence-corrected chi connectivity index (χ1v) is 8.62. The van der Waals surface area contributed by atoms with Gasteiger partial charge in [0.1, 0.15) is 0 Å². The predicted molar refractivity (Wildman–Crippen MR) is 92.6 cm³/mol. The van der Waals surface area contributed by atoms with Gasteiger partial charge in [0, 0.05) is 11.5 Å². The van der Waals surface area contributed by atoms with Gasteiger partial charge in [0.25, 0.3) is 15.7 Å². The number of sulfonamides is 1. The van der Waals surface area contributed by atoms with Gasteiger partial charge in [-0.1, -0.05) is 42.5 Å². The van der Waals surface area contributed by atoms with Gasteiger partial charge >= 0.3 is 0 Å². The van der Waals surface area contributed by atoms with Crippen molar-refractivity contribution in [1.82, 2.24) is 0 Å². The van der Waals surface area contributed by atoms with E-state index < -0.39 is 20.6 Å². The molecule has 0 saturated heterocycles. The molecule has 6 nitrogen and oxygen atoms in total. The summed E-state index contributed by atoms with van der Waals surface area (Å²) in [6, 6.07) is 16.5. The molecule has 0 spiro atoms. The first kappa shape index (κ1) is 15.9. The lowest BCUT2D eigenvalue weighted by atomic mass is 10.1. The Kier molecular flexibility index (Phi) is 3.94. The van der Waals surface area contributed by atoms with Crippen LogP contribution >= 0.6 is 0 Å². The summed E-state index contributed by atoms with van der Waals surface area (Å²) in [5, 5.41) is 12.8. The van der Waals surface area contributed by atoms with Gasteiger partial charge in [-0.05, 0) is 30.0 Å². The van der Waals surface area contributed by atoms with Crippen LogP contribution in [0.15, 0.2) is 65.6 Å². The fraction of sp³-hybridized carbons (Fsp3) is 0.0588. The fourth-order valence-electron chi connectivity index (χ4n) is 2.51. The summed E-state index contributed by atoms with van der Waals surface area (Å²) in [4.78, 5) is 10.2. The number of aryl methyl sites for hydroxylation is 1. The summed E-state index contributed by atoms with van der Waals surface area (Å²) in [7, 11) is -4.09. The molecule has 0 saturated carbocycles. The van der Waals surface area contributed by atoms with Gasteiger partial charge in [-0.25, -0.2) is 8.42 Å². The molecule has 0 unspecified atom stereocenters. The second kappa shape index (κ2) is 5.93. The fourth-order valence-corrected chi connectivity index (χ4v) is 3.74. The zero-order chi connectivity index (χ0) is 17.3. The maximum Gasteiger partial charge on any atom is 0.290 e. The summed E-state index contributed by atoms with van der Waals surface area (Å²) in [5.41, 5.74) is 0.552. The van der Waals surface area contributed by atoms with E-state index >= 15 is 0 Å². The van der Waals surface area contributed by atoms with E-state index in [1.165, 1.54) is 18.2 Å². The third-order valence-electron chi connectivity index (χ3n) is 3.63. The molecule has 0 atom stereocenters. The first-order chi connectivity index (χ1) is 11.4. The number of nitrogens with zero attached hydrogens (tertiary/aromatic N) is 1. The van der Waals surface area contributed by atoms with E-state index in [0.29, 0.717) is 11.3 Å². The Morgan fingerprint density at radius 2 is 1.71 bits per heavy atom. The first-order valence-electron chi connectivity index (χ1n) is 7.14. The molecule has 0 aromatic heterocycles. The van der Waals surface area contributed by atoms with Crippen LogP contribution in [0.4, 0.5) is 11.4 Å². The van der Waals surface area contributed by atoms with Crippen LogP contribution in [-0.2, 0) is 10.0 Å². The Hall–Kier alpha value is -2.93. The SMILES string of the molecule is Cc1ccc(S(=O)(=O)Nc2cccc3ccccc23)c([N+](=O)[O-])c1. The molecule has 0 heterocycles. The predicted octanol–water partition coefficient (Wildman–Crippen LogP) is 3.86. The van der Waals surface area contributed by atoms with Crippen molar-refractivity contribution in [3.8, 4) is 0 Å². The second-order valence-electron chi connectivity index (χ2n) is 5.36. The normalized spacial score (nSPS) is 11.4.